The highest BCUT2D eigenvalue weighted by atomic mass is 16.5. The normalized spacial score (nSPS) is 21.5. The minimum Gasteiger partial charge on any atom is -0.385 e. The molecule has 2 nitrogen and oxygen atoms in total. The Kier molecular flexibility index (Phi) is 4.02. The third-order valence-corrected chi connectivity index (χ3v) is 2.95. The van der Waals surface area contributed by atoms with E-state index in [1.165, 1.54) is 25.7 Å². The van der Waals surface area contributed by atoms with Crippen molar-refractivity contribution in [2.75, 3.05) is 27.4 Å². The van der Waals surface area contributed by atoms with Crippen LogP contribution in [0.15, 0.2) is 0 Å². The first-order valence-corrected chi connectivity index (χ1v) is 4.81. The lowest BCUT2D eigenvalue weighted by molar-refractivity contribution is 0.0523. The van der Waals surface area contributed by atoms with E-state index in [9.17, 15) is 0 Å². The molecule has 1 rings (SSSR count). The van der Waals surface area contributed by atoms with Gasteiger partial charge in [0.1, 0.15) is 0 Å². The summed E-state index contributed by atoms with van der Waals surface area (Å²) >= 11 is 0. The standard InChI is InChI=1S/C10H20O2/c1-11-8-7-10(9-12-2)5-3-4-6-10/h3-9H2,1-2H3. The number of ether oxygens (including phenoxy) is 2. The first kappa shape index (κ1) is 10.0. The highest BCUT2D eigenvalue weighted by Crippen LogP contribution is 2.41. The molecule has 1 saturated carbocycles. The Morgan fingerprint density at radius 3 is 2.25 bits per heavy atom. The molecule has 0 bridgehead atoms. The van der Waals surface area contributed by atoms with E-state index in [2.05, 4.69) is 0 Å². The van der Waals surface area contributed by atoms with Gasteiger partial charge in [0, 0.05) is 20.8 Å². The van der Waals surface area contributed by atoms with E-state index >= 15 is 0 Å². The molecule has 1 fully saturated rings. The summed E-state index contributed by atoms with van der Waals surface area (Å²) in [6.07, 6.45) is 6.55. The Morgan fingerprint density at radius 2 is 1.75 bits per heavy atom. The maximum Gasteiger partial charge on any atom is 0.0519 e. The van der Waals surface area contributed by atoms with Crippen LogP contribution in [0.4, 0.5) is 0 Å². The lowest BCUT2D eigenvalue weighted by Gasteiger charge is -2.27. The lowest BCUT2D eigenvalue weighted by Crippen LogP contribution is -2.24. The van der Waals surface area contributed by atoms with Crippen LogP contribution in [-0.2, 0) is 9.47 Å². The summed E-state index contributed by atoms with van der Waals surface area (Å²) in [4.78, 5) is 0. The zero-order chi connectivity index (χ0) is 8.86. The summed E-state index contributed by atoms with van der Waals surface area (Å²) in [6.45, 7) is 1.79. The largest absolute Gasteiger partial charge is 0.385 e. The predicted octanol–water partition coefficient (Wildman–Crippen LogP) is 2.23. The van der Waals surface area contributed by atoms with Gasteiger partial charge in [-0.1, -0.05) is 12.8 Å². The van der Waals surface area contributed by atoms with Gasteiger partial charge in [-0.25, -0.2) is 0 Å². The van der Waals surface area contributed by atoms with Gasteiger partial charge in [-0.05, 0) is 24.7 Å². The van der Waals surface area contributed by atoms with Gasteiger partial charge in [-0.3, -0.25) is 0 Å². The van der Waals surface area contributed by atoms with Crippen molar-refractivity contribution in [2.45, 2.75) is 32.1 Å². The van der Waals surface area contributed by atoms with Crippen molar-refractivity contribution >= 4 is 0 Å². The van der Waals surface area contributed by atoms with Crippen molar-refractivity contribution in [3.8, 4) is 0 Å². The lowest BCUT2D eigenvalue weighted by atomic mass is 9.84. The topological polar surface area (TPSA) is 18.5 Å². The molecule has 0 N–H and O–H groups in total. The predicted molar refractivity (Wildman–Crippen MR) is 49.3 cm³/mol. The van der Waals surface area contributed by atoms with Gasteiger partial charge in [0.05, 0.1) is 6.61 Å². The van der Waals surface area contributed by atoms with E-state index in [0.717, 1.165) is 19.6 Å². The second-order valence-corrected chi connectivity index (χ2v) is 3.88. The molecule has 1 aliphatic carbocycles. The summed E-state index contributed by atoms with van der Waals surface area (Å²) in [5.41, 5.74) is 0.449. The van der Waals surface area contributed by atoms with E-state index in [1.54, 1.807) is 14.2 Å². The van der Waals surface area contributed by atoms with Crippen LogP contribution in [0.25, 0.3) is 0 Å². The molecule has 0 spiro atoms. The second kappa shape index (κ2) is 4.83. The van der Waals surface area contributed by atoms with Gasteiger partial charge >= 0.3 is 0 Å². The molecule has 0 unspecified atom stereocenters. The SMILES string of the molecule is COCCC1(COC)CCCC1. The molecule has 1 aliphatic rings. The van der Waals surface area contributed by atoms with Crippen molar-refractivity contribution in [3.05, 3.63) is 0 Å². The molecular weight excluding hydrogens is 152 g/mol. The molecule has 0 aromatic heterocycles. The Labute approximate surface area is 75.2 Å². The third-order valence-electron chi connectivity index (χ3n) is 2.95. The Balaban J connectivity index is 2.35. The molecule has 0 radical (unpaired) electrons. The highest BCUT2D eigenvalue weighted by molar-refractivity contribution is 4.84. The van der Waals surface area contributed by atoms with Crippen LogP contribution in [-0.4, -0.2) is 27.4 Å². The van der Waals surface area contributed by atoms with Gasteiger partial charge < -0.3 is 9.47 Å². The van der Waals surface area contributed by atoms with Crippen molar-refractivity contribution in [2.24, 2.45) is 5.41 Å². The van der Waals surface area contributed by atoms with Crippen molar-refractivity contribution in [1.82, 2.24) is 0 Å². The molecule has 0 aromatic carbocycles. The number of hydrogen-bond acceptors (Lipinski definition) is 2. The van der Waals surface area contributed by atoms with Gasteiger partial charge in [0.2, 0.25) is 0 Å². The molecular formula is C10H20O2. The molecule has 0 amide bonds. The Bertz CT molecular complexity index is 117. The van der Waals surface area contributed by atoms with E-state index < -0.39 is 0 Å². The number of methoxy groups -OCH3 is 2. The molecule has 12 heavy (non-hydrogen) atoms. The number of hydrogen-bond donors (Lipinski definition) is 0. The Hall–Kier alpha value is -0.0800. The maximum absolute atomic E-state index is 5.27. The fourth-order valence-corrected chi connectivity index (χ4v) is 2.22. The summed E-state index contributed by atoms with van der Waals surface area (Å²) < 4.78 is 10.4. The van der Waals surface area contributed by atoms with E-state index in [-0.39, 0.29) is 0 Å². The molecule has 0 heterocycles. The third kappa shape index (κ3) is 2.46. The fraction of sp³-hybridized carbons (Fsp3) is 1.00. The monoisotopic (exact) mass is 172 g/mol. The van der Waals surface area contributed by atoms with Gasteiger partial charge in [-0.2, -0.15) is 0 Å². The number of rotatable bonds is 5. The average Bonchev–Trinajstić information content (AvgIpc) is 2.51. The van der Waals surface area contributed by atoms with Crippen molar-refractivity contribution < 1.29 is 9.47 Å². The minimum absolute atomic E-state index is 0.449. The van der Waals surface area contributed by atoms with Crippen LogP contribution in [0.1, 0.15) is 32.1 Å². The molecule has 0 atom stereocenters. The molecule has 0 saturated heterocycles. The smallest absolute Gasteiger partial charge is 0.0519 e. The van der Waals surface area contributed by atoms with Gasteiger partial charge in [-0.15, -0.1) is 0 Å². The molecule has 0 aliphatic heterocycles. The molecule has 72 valence electrons. The van der Waals surface area contributed by atoms with Crippen LogP contribution in [0.2, 0.25) is 0 Å². The molecule has 0 aromatic rings. The van der Waals surface area contributed by atoms with Crippen LogP contribution in [0.3, 0.4) is 0 Å². The average molecular weight is 172 g/mol. The first-order chi connectivity index (χ1) is 5.83. The fourth-order valence-electron chi connectivity index (χ4n) is 2.22. The zero-order valence-corrected chi connectivity index (χ0v) is 8.27. The van der Waals surface area contributed by atoms with Crippen LogP contribution >= 0.6 is 0 Å². The summed E-state index contributed by atoms with van der Waals surface area (Å²) in [6, 6.07) is 0. The van der Waals surface area contributed by atoms with Crippen LogP contribution < -0.4 is 0 Å². The first-order valence-electron chi connectivity index (χ1n) is 4.81. The van der Waals surface area contributed by atoms with E-state index in [4.69, 9.17) is 9.47 Å². The summed E-state index contributed by atoms with van der Waals surface area (Å²) in [5.74, 6) is 0. The summed E-state index contributed by atoms with van der Waals surface area (Å²) in [5, 5.41) is 0. The van der Waals surface area contributed by atoms with Crippen molar-refractivity contribution in [3.63, 3.8) is 0 Å². The zero-order valence-electron chi connectivity index (χ0n) is 8.27. The highest BCUT2D eigenvalue weighted by Gasteiger charge is 2.33. The van der Waals surface area contributed by atoms with E-state index in [0.29, 0.717) is 5.41 Å². The Morgan fingerprint density at radius 1 is 1.08 bits per heavy atom. The van der Waals surface area contributed by atoms with Crippen LogP contribution in [0, 0.1) is 5.41 Å². The van der Waals surface area contributed by atoms with Gasteiger partial charge in [0.25, 0.3) is 0 Å². The minimum atomic E-state index is 0.449. The second-order valence-electron chi connectivity index (χ2n) is 3.88. The summed E-state index contributed by atoms with van der Waals surface area (Å²) in [7, 11) is 3.57. The van der Waals surface area contributed by atoms with Gasteiger partial charge in [0.15, 0.2) is 0 Å². The van der Waals surface area contributed by atoms with E-state index in [1.807, 2.05) is 0 Å². The van der Waals surface area contributed by atoms with Crippen molar-refractivity contribution in [1.29, 1.82) is 0 Å². The maximum atomic E-state index is 5.27. The molecule has 2 heteroatoms. The van der Waals surface area contributed by atoms with Crippen LogP contribution in [0.5, 0.6) is 0 Å². The quantitative estimate of drug-likeness (QED) is 0.633.